The third-order valence-corrected chi connectivity index (χ3v) is 1.79. The van der Waals surface area contributed by atoms with Gasteiger partial charge in [-0.1, -0.05) is 0 Å². The molecule has 4 nitrogen and oxygen atoms in total. The van der Waals surface area contributed by atoms with Gasteiger partial charge in [-0.15, -0.1) is 0 Å². The van der Waals surface area contributed by atoms with E-state index in [2.05, 4.69) is 4.74 Å². The molecule has 0 fully saturated rings. The molecule has 0 aromatic rings. The van der Waals surface area contributed by atoms with Crippen molar-refractivity contribution in [1.82, 2.24) is 4.90 Å². The number of likely N-dealkylation sites (N-methyl/N-ethyl adjacent to an activating group) is 1. The summed E-state index contributed by atoms with van der Waals surface area (Å²) >= 11 is 0. The first-order valence-electron chi connectivity index (χ1n) is 4.35. The lowest BCUT2D eigenvalue weighted by atomic mass is 10.3. The van der Waals surface area contributed by atoms with Crippen LogP contribution < -0.4 is 5.73 Å². The van der Waals surface area contributed by atoms with Gasteiger partial charge in [-0.05, 0) is 7.05 Å². The topological polar surface area (TPSA) is 55.6 Å². The molecule has 1 unspecified atom stereocenters. The Morgan fingerprint density at radius 3 is 2.47 bits per heavy atom. The number of rotatable bonds is 5. The maximum Gasteiger partial charge on any atom is 0.390 e. The van der Waals surface area contributed by atoms with Crippen LogP contribution in [0.4, 0.5) is 13.2 Å². The maximum absolute atomic E-state index is 11.8. The van der Waals surface area contributed by atoms with Crippen LogP contribution in [0.2, 0.25) is 0 Å². The first-order valence-corrected chi connectivity index (χ1v) is 4.35. The molecule has 7 heteroatoms. The van der Waals surface area contributed by atoms with E-state index in [9.17, 15) is 18.0 Å². The normalized spacial score (nSPS) is 14.1. The molecule has 0 saturated heterocycles. The molecule has 0 aliphatic carbocycles. The zero-order valence-corrected chi connectivity index (χ0v) is 8.67. The molecule has 0 aliphatic rings. The summed E-state index contributed by atoms with van der Waals surface area (Å²) in [7, 11) is 2.65. The van der Waals surface area contributed by atoms with Crippen molar-refractivity contribution in [3.05, 3.63) is 0 Å². The molecule has 0 spiro atoms. The summed E-state index contributed by atoms with van der Waals surface area (Å²) in [4.78, 5) is 12.2. The number of nitrogens with zero attached hydrogens (tertiary/aromatic N) is 1. The van der Waals surface area contributed by atoms with Crippen molar-refractivity contribution in [2.45, 2.75) is 18.6 Å². The van der Waals surface area contributed by atoms with E-state index in [1.807, 2.05) is 0 Å². The molecule has 90 valence electrons. The second kappa shape index (κ2) is 5.92. The zero-order chi connectivity index (χ0) is 12.1. The van der Waals surface area contributed by atoms with Crippen LogP contribution in [0.25, 0.3) is 0 Å². The van der Waals surface area contributed by atoms with E-state index in [1.165, 1.54) is 19.1 Å². The fourth-order valence-corrected chi connectivity index (χ4v) is 0.971. The monoisotopic (exact) mass is 228 g/mol. The predicted molar refractivity (Wildman–Crippen MR) is 48.2 cm³/mol. The Hall–Kier alpha value is -0.820. The molecule has 0 rings (SSSR count). The average molecular weight is 228 g/mol. The Bertz CT molecular complexity index is 209. The van der Waals surface area contributed by atoms with Crippen molar-refractivity contribution in [2.75, 3.05) is 27.2 Å². The molecule has 0 aliphatic heterocycles. The van der Waals surface area contributed by atoms with Gasteiger partial charge in [0.05, 0.1) is 13.5 Å². The van der Waals surface area contributed by atoms with Gasteiger partial charge in [0.15, 0.2) is 0 Å². The molecule has 0 bridgehead atoms. The quantitative estimate of drug-likeness (QED) is 0.691. The van der Waals surface area contributed by atoms with Crippen molar-refractivity contribution >= 4 is 5.97 Å². The Balaban J connectivity index is 3.83. The smallest absolute Gasteiger partial charge is 0.390 e. The molecule has 0 amide bonds. The van der Waals surface area contributed by atoms with Crippen molar-refractivity contribution < 1.29 is 22.7 Å². The highest BCUT2D eigenvalue weighted by Gasteiger charge is 2.27. The average Bonchev–Trinajstić information content (AvgIpc) is 2.12. The van der Waals surface area contributed by atoms with Crippen LogP contribution in [-0.2, 0) is 9.53 Å². The number of alkyl halides is 3. The number of nitrogens with two attached hydrogens (primary N) is 1. The second-order valence-electron chi connectivity index (χ2n) is 3.26. The van der Waals surface area contributed by atoms with Crippen LogP contribution in [0.5, 0.6) is 0 Å². The molecule has 2 N–H and O–H groups in total. The summed E-state index contributed by atoms with van der Waals surface area (Å²) in [6.45, 7) is -0.142. The number of hydrogen-bond donors (Lipinski definition) is 1. The van der Waals surface area contributed by atoms with Crippen LogP contribution >= 0.6 is 0 Å². The van der Waals surface area contributed by atoms with Crippen molar-refractivity contribution in [3.8, 4) is 0 Å². The standard InChI is InChI=1S/C8H15F3N2O2/c1-13(4-3-8(9,10)11)5-6(12)7(14)15-2/h6H,3-5,12H2,1-2H3. The van der Waals surface area contributed by atoms with Crippen LogP contribution in [0.15, 0.2) is 0 Å². The van der Waals surface area contributed by atoms with Crippen molar-refractivity contribution in [3.63, 3.8) is 0 Å². The summed E-state index contributed by atoms with van der Waals surface area (Å²) in [5.74, 6) is -0.631. The van der Waals surface area contributed by atoms with Gasteiger partial charge in [-0.2, -0.15) is 13.2 Å². The number of carbonyl (C=O) groups is 1. The van der Waals surface area contributed by atoms with Crippen molar-refractivity contribution in [2.24, 2.45) is 5.73 Å². The largest absolute Gasteiger partial charge is 0.468 e. The Labute approximate surface area is 86.2 Å². The molecular weight excluding hydrogens is 213 g/mol. The lowest BCUT2D eigenvalue weighted by Crippen LogP contribution is -2.42. The van der Waals surface area contributed by atoms with Gasteiger partial charge >= 0.3 is 12.1 Å². The molecule has 0 aromatic heterocycles. The Morgan fingerprint density at radius 1 is 1.53 bits per heavy atom. The molecule has 15 heavy (non-hydrogen) atoms. The van der Waals surface area contributed by atoms with Gasteiger partial charge in [0.1, 0.15) is 6.04 Å². The van der Waals surface area contributed by atoms with E-state index in [-0.39, 0.29) is 13.1 Å². The summed E-state index contributed by atoms with van der Waals surface area (Å²) in [6, 6.07) is -0.909. The zero-order valence-electron chi connectivity index (χ0n) is 8.67. The van der Waals surface area contributed by atoms with Crippen LogP contribution in [0, 0.1) is 0 Å². The highest BCUT2D eigenvalue weighted by molar-refractivity contribution is 5.75. The molecule has 0 heterocycles. The van der Waals surface area contributed by atoms with Crippen molar-refractivity contribution in [1.29, 1.82) is 0 Å². The summed E-state index contributed by atoms with van der Waals surface area (Å²) in [5.41, 5.74) is 5.37. The maximum atomic E-state index is 11.8. The molecule has 0 radical (unpaired) electrons. The van der Waals surface area contributed by atoms with Gasteiger partial charge in [0.25, 0.3) is 0 Å². The molecule has 0 aromatic carbocycles. The Morgan fingerprint density at radius 2 is 2.07 bits per heavy atom. The van der Waals surface area contributed by atoms with E-state index < -0.39 is 24.6 Å². The van der Waals surface area contributed by atoms with Gasteiger partial charge in [-0.25, -0.2) is 0 Å². The second-order valence-corrected chi connectivity index (χ2v) is 3.26. The third-order valence-electron chi connectivity index (χ3n) is 1.79. The first kappa shape index (κ1) is 14.2. The molecular formula is C8H15F3N2O2. The minimum atomic E-state index is -4.19. The fourth-order valence-electron chi connectivity index (χ4n) is 0.971. The summed E-state index contributed by atoms with van der Waals surface area (Å²) in [5, 5.41) is 0. The van der Waals surface area contributed by atoms with Crippen LogP contribution in [0.1, 0.15) is 6.42 Å². The van der Waals surface area contributed by atoms with E-state index in [1.54, 1.807) is 0 Å². The fraction of sp³-hybridized carbons (Fsp3) is 0.875. The number of halogens is 3. The number of methoxy groups -OCH3 is 1. The number of esters is 1. The van der Waals surface area contributed by atoms with E-state index >= 15 is 0 Å². The number of hydrogen-bond acceptors (Lipinski definition) is 4. The lowest BCUT2D eigenvalue weighted by molar-refractivity contribution is -0.143. The minimum absolute atomic E-state index is 0.0444. The number of carbonyl (C=O) groups excluding carboxylic acids is 1. The number of ether oxygens (including phenoxy) is 1. The molecule has 0 saturated carbocycles. The summed E-state index contributed by atoms with van der Waals surface area (Å²) < 4.78 is 39.8. The van der Waals surface area contributed by atoms with Crippen LogP contribution in [-0.4, -0.2) is 50.3 Å². The van der Waals surface area contributed by atoms with Gasteiger partial charge in [0, 0.05) is 13.1 Å². The predicted octanol–water partition coefficient (Wildman–Crippen LogP) is 0.371. The highest BCUT2D eigenvalue weighted by Crippen LogP contribution is 2.19. The summed E-state index contributed by atoms with van der Waals surface area (Å²) in [6.07, 6.45) is -5.11. The van der Waals surface area contributed by atoms with Gasteiger partial charge in [-0.3, -0.25) is 4.79 Å². The third kappa shape index (κ3) is 7.15. The SMILES string of the molecule is COC(=O)C(N)CN(C)CCC(F)(F)F. The first-order chi connectivity index (χ1) is 6.76. The van der Waals surface area contributed by atoms with Gasteiger partial charge < -0.3 is 15.4 Å². The molecule has 1 atom stereocenters. The van der Waals surface area contributed by atoms with E-state index in [0.717, 1.165) is 0 Å². The van der Waals surface area contributed by atoms with E-state index in [4.69, 9.17) is 5.73 Å². The minimum Gasteiger partial charge on any atom is -0.468 e. The highest BCUT2D eigenvalue weighted by atomic mass is 19.4. The van der Waals surface area contributed by atoms with Crippen LogP contribution in [0.3, 0.4) is 0 Å². The van der Waals surface area contributed by atoms with E-state index in [0.29, 0.717) is 0 Å². The lowest BCUT2D eigenvalue weighted by Gasteiger charge is -2.20. The Kier molecular flexibility index (Phi) is 5.59. The van der Waals surface area contributed by atoms with Gasteiger partial charge in [0.2, 0.25) is 0 Å².